The van der Waals surface area contributed by atoms with Crippen molar-refractivity contribution in [1.29, 1.82) is 0 Å². The van der Waals surface area contributed by atoms with Crippen LogP contribution in [0.1, 0.15) is 60.2 Å². The highest BCUT2D eigenvalue weighted by Gasteiger charge is 2.14. The van der Waals surface area contributed by atoms with Crippen molar-refractivity contribution >= 4 is 39.7 Å². The molecule has 1 amide bonds. The summed E-state index contributed by atoms with van der Waals surface area (Å²) in [5.74, 6) is -0.196. The van der Waals surface area contributed by atoms with Gasteiger partial charge >= 0.3 is 0 Å². The quantitative estimate of drug-likeness (QED) is 0.411. The topological polar surface area (TPSA) is 63.2 Å². The molecule has 1 saturated carbocycles. The molecule has 1 aromatic heterocycles. The fourth-order valence-corrected chi connectivity index (χ4v) is 4.36. The molecular weight excluding hydrogens is 394 g/mol. The number of nitrogens with zero attached hydrogens (tertiary/aromatic N) is 1. The van der Waals surface area contributed by atoms with Crippen LogP contribution in [0.2, 0.25) is 5.02 Å². The van der Waals surface area contributed by atoms with E-state index in [2.05, 4.69) is 15.6 Å². The van der Waals surface area contributed by atoms with Gasteiger partial charge in [-0.25, -0.2) is 4.98 Å². The maximum absolute atomic E-state index is 12.5. The van der Waals surface area contributed by atoms with Crippen molar-refractivity contribution in [2.75, 3.05) is 23.8 Å². The van der Waals surface area contributed by atoms with Crippen LogP contribution in [0.3, 0.4) is 0 Å². The van der Waals surface area contributed by atoms with Crippen LogP contribution in [0.15, 0.2) is 24.4 Å². The van der Waals surface area contributed by atoms with Gasteiger partial charge in [0.1, 0.15) is 4.88 Å². The lowest BCUT2D eigenvalue weighted by molar-refractivity contribution is 0.0431. The van der Waals surface area contributed by atoms with Crippen molar-refractivity contribution < 1.29 is 9.53 Å². The molecule has 0 bridgehead atoms. The lowest BCUT2D eigenvalue weighted by atomic mass is 10.1. The van der Waals surface area contributed by atoms with E-state index in [0.29, 0.717) is 21.7 Å². The molecule has 152 valence electrons. The number of aryl methyl sites for hydroxylation is 1. The molecule has 0 aliphatic heterocycles. The molecule has 2 N–H and O–H groups in total. The van der Waals surface area contributed by atoms with Gasteiger partial charge in [-0.15, -0.1) is 0 Å². The minimum absolute atomic E-state index is 0.196. The summed E-state index contributed by atoms with van der Waals surface area (Å²) in [7, 11) is 0. The Hall–Kier alpha value is -1.63. The van der Waals surface area contributed by atoms with E-state index in [1.807, 2.05) is 19.1 Å². The monoisotopic (exact) mass is 421 g/mol. The van der Waals surface area contributed by atoms with E-state index >= 15 is 0 Å². The Morgan fingerprint density at radius 2 is 2.07 bits per heavy atom. The van der Waals surface area contributed by atoms with Crippen molar-refractivity contribution in [3.05, 3.63) is 39.9 Å². The maximum Gasteiger partial charge on any atom is 0.267 e. The van der Waals surface area contributed by atoms with Crippen LogP contribution in [-0.2, 0) is 4.74 Å². The highest BCUT2D eigenvalue weighted by molar-refractivity contribution is 7.17. The highest BCUT2D eigenvalue weighted by atomic mass is 35.5. The van der Waals surface area contributed by atoms with Crippen LogP contribution in [0.25, 0.3) is 0 Å². The Kier molecular flexibility index (Phi) is 8.13. The average molecular weight is 422 g/mol. The summed E-state index contributed by atoms with van der Waals surface area (Å²) in [6.07, 6.45) is 10.6. The van der Waals surface area contributed by atoms with Crippen LogP contribution in [-0.4, -0.2) is 30.1 Å². The molecule has 1 aromatic carbocycles. The zero-order valence-electron chi connectivity index (χ0n) is 16.3. The van der Waals surface area contributed by atoms with Gasteiger partial charge in [-0.05, 0) is 37.8 Å². The molecule has 1 fully saturated rings. The number of ether oxygens (including phenoxy) is 1. The predicted octanol–water partition coefficient (Wildman–Crippen LogP) is 5.90. The van der Waals surface area contributed by atoms with Gasteiger partial charge in [0.15, 0.2) is 5.13 Å². The van der Waals surface area contributed by atoms with Gasteiger partial charge in [0, 0.05) is 13.2 Å². The van der Waals surface area contributed by atoms with E-state index in [9.17, 15) is 4.79 Å². The van der Waals surface area contributed by atoms with E-state index < -0.39 is 0 Å². The van der Waals surface area contributed by atoms with Crippen LogP contribution < -0.4 is 10.6 Å². The summed E-state index contributed by atoms with van der Waals surface area (Å²) in [5, 5.41) is 7.43. The largest absolute Gasteiger partial charge is 0.378 e. The zero-order valence-corrected chi connectivity index (χ0v) is 17.9. The van der Waals surface area contributed by atoms with Crippen molar-refractivity contribution in [3.8, 4) is 0 Å². The first-order valence-electron chi connectivity index (χ1n) is 10.0. The standard InChI is InChI=1S/C21H28ClN3O2S/c1-15-8-6-11-17(22)19(15)25-20(26)18-14-24-21(28-18)23-12-7-13-27-16-9-4-2-3-5-10-16/h6,8,11,14,16H,2-5,7,9-10,12-13H2,1H3,(H,23,24)(H,25,26). The van der Waals surface area contributed by atoms with Crippen LogP contribution in [0.5, 0.6) is 0 Å². The van der Waals surface area contributed by atoms with Crippen molar-refractivity contribution in [1.82, 2.24) is 4.98 Å². The number of halogens is 1. The molecule has 0 atom stereocenters. The third kappa shape index (κ3) is 6.19. The Morgan fingerprint density at radius 1 is 1.29 bits per heavy atom. The Balaban J connectivity index is 1.40. The van der Waals surface area contributed by atoms with Gasteiger partial charge in [0.05, 0.1) is 23.0 Å². The third-order valence-corrected chi connectivity index (χ3v) is 6.21. The van der Waals surface area contributed by atoms with Gasteiger partial charge in [0.2, 0.25) is 0 Å². The molecule has 0 spiro atoms. The van der Waals surface area contributed by atoms with Crippen molar-refractivity contribution in [2.45, 2.75) is 58.0 Å². The fraction of sp³-hybridized carbons (Fsp3) is 0.524. The molecule has 1 heterocycles. The van der Waals surface area contributed by atoms with Gasteiger partial charge in [-0.2, -0.15) is 0 Å². The smallest absolute Gasteiger partial charge is 0.267 e. The molecule has 1 aliphatic carbocycles. The summed E-state index contributed by atoms with van der Waals surface area (Å²) in [6, 6.07) is 5.54. The Morgan fingerprint density at radius 3 is 2.82 bits per heavy atom. The fourth-order valence-electron chi connectivity index (χ4n) is 3.35. The highest BCUT2D eigenvalue weighted by Crippen LogP contribution is 2.27. The molecular formula is C21H28ClN3O2S. The molecule has 1 aliphatic rings. The molecule has 0 unspecified atom stereocenters. The number of benzene rings is 1. The number of thiazole rings is 1. The molecule has 2 aromatic rings. The van der Waals surface area contributed by atoms with E-state index in [-0.39, 0.29) is 5.91 Å². The average Bonchev–Trinajstić information content (AvgIpc) is 3.00. The van der Waals surface area contributed by atoms with Crippen molar-refractivity contribution in [2.24, 2.45) is 0 Å². The number of rotatable bonds is 8. The molecule has 5 nitrogen and oxygen atoms in total. The van der Waals surface area contributed by atoms with Gasteiger partial charge in [-0.1, -0.05) is 60.8 Å². The normalized spacial score (nSPS) is 15.2. The first-order valence-corrected chi connectivity index (χ1v) is 11.2. The minimum Gasteiger partial charge on any atom is -0.378 e. The van der Waals surface area contributed by atoms with Crippen molar-refractivity contribution in [3.63, 3.8) is 0 Å². The van der Waals surface area contributed by atoms with Crippen LogP contribution >= 0.6 is 22.9 Å². The van der Waals surface area contributed by atoms with E-state index in [1.165, 1.54) is 49.9 Å². The summed E-state index contributed by atoms with van der Waals surface area (Å²) < 4.78 is 6.00. The minimum atomic E-state index is -0.196. The second-order valence-electron chi connectivity index (χ2n) is 7.18. The van der Waals surface area contributed by atoms with Crippen LogP contribution in [0, 0.1) is 6.92 Å². The SMILES string of the molecule is Cc1cccc(Cl)c1NC(=O)c1cnc(NCCCOC2CCCCCC2)s1. The summed E-state index contributed by atoms with van der Waals surface area (Å²) >= 11 is 7.52. The Bertz CT molecular complexity index is 753. The first kappa shape index (κ1) is 21.1. The van der Waals surface area contributed by atoms with E-state index in [4.69, 9.17) is 16.3 Å². The molecule has 7 heteroatoms. The summed E-state index contributed by atoms with van der Waals surface area (Å²) in [4.78, 5) is 17.3. The summed E-state index contributed by atoms with van der Waals surface area (Å²) in [5.41, 5.74) is 1.57. The number of para-hydroxylation sites is 1. The number of amides is 1. The third-order valence-electron chi connectivity index (χ3n) is 4.94. The number of nitrogens with one attached hydrogen (secondary N) is 2. The summed E-state index contributed by atoms with van der Waals surface area (Å²) in [6.45, 7) is 3.46. The molecule has 3 rings (SSSR count). The van der Waals surface area contributed by atoms with Gasteiger partial charge in [-0.3, -0.25) is 4.79 Å². The number of hydrogen-bond acceptors (Lipinski definition) is 5. The lowest BCUT2D eigenvalue weighted by Gasteiger charge is -2.15. The molecule has 0 saturated heterocycles. The number of carbonyl (C=O) groups excluding carboxylic acids is 1. The van der Waals surface area contributed by atoms with Crippen LogP contribution in [0.4, 0.5) is 10.8 Å². The second-order valence-corrected chi connectivity index (χ2v) is 8.62. The number of aromatic nitrogens is 1. The number of carbonyl (C=O) groups is 1. The zero-order chi connectivity index (χ0) is 19.8. The molecule has 0 radical (unpaired) electrons. The van der Waals surface area contributed by atoms with Gasteiger partial charge < -0.3 is 15.4 Å². The van der Waals surface area contributed by atoms with E-state index in [1.54, 1.807) is 12.3 Å². The number of anilines is 2. The van der Waals surface area contributed by atoms with E-state index in [0.717, 1.165) is 30.3 Å². The number of hydrogen-bond donors (Lipinski definition) is 2. The molecule has 28 heavy (non-hydrogen) atoms. The predicted molar refractivity (Wildman–Crippen MR) is 117 cm³/mol. The maximum atomic E-state index is 12.5. The Labute approximate surface area is 175 Å². The first-order chi connectivity index (χ1) is 13.6. The lowest BCUT2D eigenvalue weighted by Crippen LogP contribution is -2.14. The second kappa shape index (κ2) is 10.8. The van der Waals surface area contributed by atoms with Gasteiger partial charge in [0.25, 0.3) is 5.91 Å².